The largest absolute Gasteiger partial charge is 0.466 e. The van der Waals surface area contributed by atoms with Crippen molar-refractivity contribution in [3.63, 3.8) is 0 Å². The molecule has 0 saturated heterocycles. The van der Waals surface area contributed by atoms with Gasteiger partial charge in [-0.2, -0.15) is 0 Å². The van der Waals surface area contributed by atoms with Crippen molar-refractivity contribution < 1.29 is 19.1 Å². The Morgan fingerprint density at radius 3 is 2.50 bits per heavy atom. The summed E-state index contributed by atoms with van der Waals surface area (Å²) in [4.78, 5) is 36.8. The zero-order valence-electron chi connectivity index (χ0n) is 20.2. The number of hydrogen-bond acceptors (Lipinski definition) is 5. The van der Waals surface area contributed by atoms with Gasteiger partial charge in [-0.1, -0.05) is 61.2 Å². The third-order valence-corrected chi connectivity index (χ3v) is 6.47. The van der Waals surface area contributed by atoms with Gasteiger partial charge in [0.15, 0.2) is 5.11 Å². The molecule has 3 N–H and O–H groups in total. The van der Waals surface area contributed by atoms with Crippen LogP contribution in [0.3, 0.4) is 0 Å². The van der Waals surface area contributed by atoms with Crippen LogP contribution in [-0.4, -0.2) is 35.5 Å². The Labute approximate surface area is 222 Å². The minimum Gasteiger partial charge on any atom is -0.466 e. The second-order valence-electron chi connectivity index (χ2n) is 8.81. The molecule has 0 heterocycles. The fourth-order valence-electron chi connectivity index (χ4n) is 4.03. The number of aryl methyl sites for hydroxylation is 1. The van der Waals surface area contributed by atoms with E-state index in [2.05, 4.69) is 16.0 Å². The van der Waals surface area contributed by atoms with E-state index in [0.717, 1.165) is 38.5 Å². The molecule has 0 unspecified atom stereocenters. The molecule has 7 nitrogen and oxygen atoms in total. The second kappa shape index (κ2) is 14.6. The summed E-state index contributed by atoms with van der Waals surface area (Å²) in [5.41, 5.74) is 2.05. The fourth-order valence-corrected chi connectivity index (χ4v) is 4.47. The molecule has 0 bridgehead atoms. The zero-order valence-corrected chi connectivity index (χ0v) is 21.8. The third-order valence-electron chi connectivity index (χ3n) is 5.93. The molecule has 1 aliphatic carbocycles. The monoisotopic (exact) mass is 529 g/mol. The van der Waals surface area contributed by atoms with E-state index in [-0.39, 0.29) is 29.9 Å². The molecule has 3 rings (SSSR count). The van der Waals surface area contributed by atoms with Crippen LogP contribution in [-0.2, 0) is 20.7 Å². The number of carbonyl (C=O) groups excluding carboxylic acids is 3. The highest BCUT2D eigenvalue weighted by atomic mass is 35.5. The first-order valence-corrected chi connectivity index (χ1v) is 13.1. The van der Waals surface area contributed by atoms with Crippen LogP contribution in [0, 0.1) is 0 Å². The minimum atomic E-state index is -0.427. The summed E-state index contributed by atoms with van der Waals surface area (Å²) >= 11 is 11.4. The van der Waals surface area contributed by atoms with Gasteiger partial charge in [0.25, 0.3) is 5.91 Å². The molecule has 9 heteroatoms. The first kappa shape index (κ1) is 27.6. The molecule has 0 radical (unpaired) electrons. The van der Waals surface area contributed by atoms with Crippen molar-refractivity contribution >= 4 is 52.4 Å². The molecule has 1 aliphatic rings. The van der Waals surface area contributed by atoms with Crippen LogP contribution in [0.4, 0.5) is 5.69 Å². The Bertz CT molecular complexity index is 1060. The molecular weight excluding hydrogens is 498 g/mol. The molecule has 1 fully saturated rings. The van der Waals surface area contributed by atoms with Crippen LogP contribution in [0.2, 0.25) is 5.02 Å². The van der Waals surface area contributed by atoms with Gasteiger partial charge in [0, 0.05) is 18.2 Å². The number of esters is 1. The topological polar surface area (TPSA) is 96.5 Å². The number of nitrogens with one attached hydrogen (secondary N) is 3. The smallest absolute Gasteiger partial charge is 0.306 e. The summed E-state index contributed by atoms with van der Waals surface area (Å²) in [6.07, 6.45) is 6.82. The summed E-state index contributed by atoms with van der Waals surface area (Å²) in [5.74, 6) is -1.06. The Morgan fingerprint density at radius 2 is 1.75 bits per heavy atom. The standard InChI is InChI=1S/C27H32ClN3O4S/c28-23-14-13-21(18-22(23)26(34)29-20-11-5-2-6-12-20)30-27(36)31-24(32)15-16-25(33)35-17-7-10-19-8-3-1-4-9-19/h1,3-4,8-9,13-14,18,20H,2,5-7,10-12,15-17H2,(H,29,34)(H2,30,31,32,36). The van der Waals surface area contributed by atoms with Crippen LogP contribution < -0.4 is 16.0 Å². The molecule has 0 aromatic heterocycles. The van der Waals surface area contributed by atoms with Gasteiger partial charge >= 0.3 is 5.97 Å². The number of carbonyl (C=O) groups is 3. The molecule has 192 valence electrons. The second-order valence-corrected chi connectivity index (χ2v) is 9.63. The molecule has 2 amide bonds. The maximum atomic E-state index is 12.7. The first-order chi connectivity index (χ1) is 17.4. The van der Waals surface area contributed by atoms with Gasteiger partial charge in [0.05, 0.1) is 23.6 Å². The fraction of sp³-hybridized carbons (Fsp3) is 0.407. The lowest BCUT2D eigenvalue weighted by molar-refractivity contribution is -0.145. The van der Waals surface area contributed by atoms with E-state index in [0.29, 0.717) is 22.9 Å². The number of halogens is 1. The van der Waals surface area contributed by atoms with Crippen LogP contribution in [0.5, 0.6) is 0 Å². The van der Waals surface area contributed by atoms with Crippen molar-refractivity contribution in [2.24, 2.45) is 0 Å². The number of anilines is 1. The summed E-state index contributed by atoms with van der Waals surface area (Å²) in [6.45, 7) is 0.308. The van der Waals surface area contributed by atoms with E-state index in [9.17, 15) is 14.4 Å². The Hall–Kier alpha value is -2.97. The van der Waals surface area contributed by atoms with Gasteiger partial charge < -0.3 is 20.7 Å². The molecule has 0 spiro atoms. The van der Waals surface area contributed by atoms with Gasteiger partial charge in [-0.25, -0.2) is 0 Å². The van der Waals surface area contributed by atoms with Gasteiger partial charge in [-0.15, -0.1) is 0 Å². The molecular formula is C27H32ClN3O4S. The highest BCUT2D eigenvalue weighted by Crippen LogP contribution is 2.23. The van der Waals surface area contributed by atoms with E-state index in [1.165, 1.54) is 12.0 Å². The molecule has 1 saturated carbocycles. The SMILES string of the molecule is O=C(CCC(=O)OCCCc1ccccc1)NC(=S)Nc1ccc(Cl)c(C(=O)NC2CCCCC2)c1. The number of thiocarbonyl (C=S) groups is 1. The molecule has 0 aliphatic heterocycles. The summed E-state index contributed by atoms with van der Waals surface area (Å²) in [7, 11) is 0. The number of amides is 2. The van der Waals surface area contributed by atoms with Crippen molar-refractivity contribution in [1.29, 1.82) is 0 Å². The number of benzene rings is 2. The Balaban J connectivity index is 1.37. The number of hydrogen-bond donors (Lipinski definition) is 3. The lowest BCUT2D eigenvalue weighted by atomic mass is 9.95. The predicted octanol–water partition coefficient (Wildman–Crippen LogP) is 5.17. The van der Waals surface area contributed by atoms with Crippen molar-refractivity contribution in [2.75, 3.05) is 11.9 Å². The van der Waals surface area contributed by atoms with Crippen molar-refractivity contribution in [1.82, 2.24) is 10.6 Å². The van der Waals surface area contributed by atoms with Crippen LogP contribution >= 0.6 is 23.8 Å². The van der Waals surface area contributed by atoms with Gasteiger partial charge in [0.2, 0.25) is 5.91 Å². The average Bonchev–Trinajstić information content (AvgIpc) is 2.87. The molecule has 0 atom stereocenters. The highest BCUT2D eigenvalue weighted by molar-refractivity contribution is 7.80. The third kappa shape index (κ3) is 9.59. The lowest BCUT2D eigenvalue weighted by Crippen LogP contribution is -2.36. The maximum Gasteiger partial charge on any atom is 0.306 e. The van der Waals surface area contributed by atoms with Crippen LogP contribution in [0.25, 0.3) is 0 Å². The molecule has 2 aromatic rings. The van der Waals surface area contributed by atoms with Crippen molar-refractivity contribution in [2.45, 2.75) is 63.8 Å². The van der Waals surface area contributed by atoms with Crippen molar-refractivity contribution in [3.05, 3.63) is 64.7 Å². The molecule has 2 aromatic carbocycles. The van der Waals surface area contributed by atoms with Gasteiger partial charge in [0.1, 0.15) is 0 Å². The van der Waals surface area contributed by atoms with Crippen LogP contribution in [0.15, 0.2) is 48.5 Å². The Morgan fingerprint density at radius 1 is 1.00 bits per heavy atom. The van der Waals surface area contributed by atoms with E-state index in [1.54, 1.807) is 18.2 Å². The Kier molecular flexibility index (Phi) is 11.2. The summed E-state index contributed by atoms with van der Waals surface area (Å²) in [5, 5.41) is 8.88. The van der Waals surface area contributed by atoms with Gasteiger partial charge in [-0.05, 0) is 61.7 Å². The van der Waals surface area contributed by atoms with Crippen LogP contribution in [0.1, 0.15) is 67.3 Å². The summed E-state index contributed by atoms with van der Waals surface area (Å²) < 4.78 is 5.20. The maximum absolute atomic E-state index is 12.7. The van der Waals surface area contributed by atoms with Crippen molar-refractivity contribution in [3.8, 4) is 0 Å². The number of rotatable bonds is 10. The van der Waals surface area contributed by atoms with E-state index >= 15 is 0 Å². The van der Waals surface area contributed by atoms with E-state index in [4.69, 9.17) is 28.6 Å². The number of ether oxygens (including phenoxy) is 1. The zero-order chi connectivity index (χ0) is 25.8. The summed E-state index contributed by atoms with van der Waals surface area (Å²) in [6, 6.07) is 15.0. The average molecular weight is 530 g/mol. The van der Waals surface area contributed by atoms with E-state index < -0.39 is 11.9 Å². The minimum absolute atomic E-state index is 0.0355. The predicted molar refractivity (Wildman–Crippen MR) is 145 cm³/mol. The normalized spacial score (nSPS) is 13.5. The first-order valence-electron chi connectivity index (χ1n) is 12.3. The highest BCUT2D eigenvalue weighted by Gasteiger charge is 2.19. The lowest BCUT2D eigenvalue weighted by Gasteiger charge is -2.23. The quantitative estimate of drug-likeness (QED) is 0.223. The van der Waals surface area contributed by atoms with Gasteiger partial charge in [-0.3, -0.25) is 14.4 Å². The molecule has 36 heavy (non-hydrogen) atoms. The van der Waals surface area contributed by atoms with E-state index in [1.807, 2.05) is 30.3 Å².